The van der Waals surface area contributed by atoms with E-state index in [0.29, 0.717) is 51.8 Å². The Morgan fingerprint density at radius 1 is 0.847 bits per heavy atom. The predicted molar refractivity (Wildman–Crippen MR) is 272 cm³/mol. The Balaban J connectivity index is 0.652. The molecule has 4 saturated heterocycles. The third-order valence-electron chi connectivity index (χ3n) is 17.3. The van der Waals surface area contributed by atoms with Crippen LogP contribution in [0.25, 0.3) is 32.9 Å². The summed E-state index contributed by atoms with van der Waals surface area (Å²) in [4.78, 5) is 76.1. The molecule has 1 spiro atoms. The number of rotatable bonds is 12. The summed E-state index contributed by atoms with van der Waals surface area (Å²) in [5.74, 6) is -0.592. The summed E-state index contributed by atoms with van der Waals surface area (Å²) in [5.41, 5.74) is 3.92. The third-order valence-corrected chi connectivity index (χ3v) is 17.3. The quantitative estimate of drug-likeness (QED) is 0.119. The van der Waals surface area contributed by atoms with Gasteiger partial charge in [0, 0.05) is 81.6 Å². The molecule has 0 bridgehead atoms. The number of fused-ring (bicyclic) bond motifs is 3. The Morgan fingerprint density at radius 3 is 2.39 bits per heavy atom. The maximum absolute atomic E-state index is 17.1. The number of anilines is 2. The molecular formula is C56H64FN9O6. The Morgan fingerprint density at radius 2 is 1.64 bits per heavy atom. The number of carbonyl (C=O) groups excluding carboxylic acids is 4. The number of hydrogen-bond acceptors (Lipinski definition) is 13. The van der Waals surface area contributed by atoms with E-state index in [9.17, 15) is 24.3 Å². The van der Waals surface area contributed by atoms with Crippen molar-refractivity contribution in [2.24, 2.45) is 22.7 Å². The fourth-order valence-electron chi connectivity index (χ4n) is 13.2. The standard InChI is InChI=1S/C56H64FN9O6/c1-3-36-7-4-8-37-24-39(67)26-42(46(36)37)48-47(57)49-43(29-58-48)50(65-17-5-6-34(2)30-65)61-54(60-49)72-33-56(13-14-56)32-63-18-15-55(16-19-63)27-35(28-55)31-62-20-22-64(23-21-62)38-9-10-40-41(25-38)53(71)66(52(40)70)44-11-12-45(68)59-51(44)69/h4,7-10,24-26,29,34-35,44,67H,3,5-6,11-23,27-28,30-33H2,1-2H3,(H,59,68,69)/t34-,44?/m0/s1. The second-order valence-electron chi connectivity index (χ2n) is 22.4. The van der Waals surface area contributed by atoms with Gasteiger partial charge >= 0.3 is 6.01 Å². The summed E-state index contributed by atoms with van der Waals surface area (Å²) >= 11 is 0. The number of imide groups is 2. The Hall–Kier alpha value is -6.26. The van der Waals surface area contributed by atoms with Crippen LogP contribution >= 0.6 is 0 Å². The zero-order chi connectivity index (χ0) is 49.5. The van der Waals surface area contributed by atoms with Crippen molar-refractivity contribution in [3.8, 4) is 23.0 Å². The lowest BCUT2D eigenvalue weighted by Crippen LogP contribution is -2.54. The SMILES string of the molecule is CCc1cccc2cc(O)cc(-c3ncc4c(N5CCC[C@H](C)C5)nc(OCC5(CN6CCC7(CC6)CC(CN6CCN(c8ccc9c(c8)C(=O)N(C8CCC(=O)NC8=O)C9=O)CC6)C7)CC5)nc4c3F)c12. The first-order chi connectivity index (χ1) is 34.8. The van der Waals surface area contributed by atoms with Gasteiger partial charge < -0.3 is 24.5 Å². The van der Waals surface area contributed by atoms with Crippen molar-refractivity contribution in [2.75, 3.05) is 81.9 Å². The molecule has 2 aromatic heterocycles. The van der Waals surface area contributed by atoms with Crippen molar-refractivity contribution in [2.45, 2.75) is 90.5 Å². The zero-order valence-corrected chi connectivity index (χ0v) is 41.4. The number of phenols is 1. The number of benzene rings is 3. The van der Waals surface area contributed by atoms with Crippen molar-refractivity contribution < 1.29 is 33.4 Å². The van der Waals surface area contributed by atoms with Crippen LogP contribution < -0.4 is 19.9 Å². The van der Waals surface area contributed by atoms with Crippen LogP contribution in [0.5, 0.6) is 11.8 Å². The molecule has 7 aliphatic rings. The van der Waals surface area contributed by atoms with E-state index in [-0.39, 0.29) is 47.1 Å². The normalized spacial score (nSPS) is 23.5. The van der Waals surface area contributed by atoms with Gasteiger partial charge in [-0.05, 0) is 141 Å². The molecule has 1 unspecified atom stereocenters. The summed E-state index contributed by atoms with van der Waals surface area (Å²) in [6, 6.07) is 13.9. The van der Waals surface area contributed by atoms with E-state index < -0.39 is 29.6 Å². The minimum atomic E-state index is -0.970. The van der Waals surface area contributed by atoms with Gasteiger partial charge in [0.2, 0.25) is 11.8 Å². The topological polar surface area (TPSA) is 165 Å². The molecule has 5 aromatic rings. The maximum Gasteiger partial charge on any atom is 0.319 e. The predicted octanol–water partition coefficient (Wildman–Crippen LogP) is 7.36. The lowest BCUT2D eigenvalue weighted by atomic mass is 9.57. The first-order valence-electron chi connectivity index (χ1n) is 26.4. The summed E-state index contributed by atoms with van der Waals surface area (Å²) in [7, 11) is 0. The van der Waals surface area contributed by atoms with Crippen molar-refractivity contribution in [3.63, 3.8) is 0 Å². The monoisotopic (exact) mass is 977 g/mol. The van der Waals surface area contributed by atoms with Gasteiger partial charge in [0.15, 0.2) is 5.82 Å². The number of hydrogen-bond donors (Lipinski definition) is 2. The second-order valence-corrected chi connectivity index (χ2v) is 22.4. The van der Waals surface area contributed by atoms with Gasteiger partial charge in [-0.1, -0.05) is 32.0 Å². The molecule has 2 aliphatic carbocycles. The highest BCUT2D eigenvalue weighted by Gasteiger charge is 2.50. The van der Waals surface area contributed by atoms with E-state index >= 15 is 4.39 Å². The number of carbonyl (C=O) groups is 4. The minimum Gasteiger partial charge on any atom is -0.508 e. The van der Waals surface area contributed by atoms with E-state index in [1.807, 2.05) is 24.3 Å². The number of piperidine rings is 3. The first kappa shape index (κ1) is 46.8. The van der Waals surface area contributed by atoms with Gasteiger partial charge in [-0.25, -0.2) is 4.39 Å². The maximum atomic E-state index is 17.1. The number of aromatic hydroxyl groups is 1. The highest BCUT2D eigenvalue weighted by Crippen LogP contribution is 2.54. The van der Waals surface area contributed by atoms with Crippen LogP contribution in [0.1, 0.15) is 104 Å². The van der Waals surface area contributed by atoms with Crippen molar-refractivity contribution in [1.82, 2.24) is 35.0 Å². The molecule has 3 aromatic carbocycles. The molecule has 0 radical (unpaired) electrons. The van der Waals surface area contributed by atoms with Crippen LogP contribution in [0.4, 0.5) is 15.9 Å². The molecule has 2 N–H and O–H groups in total. The highest BCUT2D eigenvalue weighted by atomic mass is 19.1. The Bertz CT molecular complexity index is 3010. The van der Waals surface area contributed by atoms with Gasteiger partial charge in [0.1, 0.15) is 28.8 Å². The number of phenolic OH excluding ortho intramolecular Hbond substituents is 1. The molecule has 376 valence electrons. The Labute approximate surface area is 419 Å². The largest absolute Gasteiger partial charge is 0.508 e. The number of aromatic nitrogens is 3. The number of likely N-dealkylation sites (tertiary alicyclic amines) is 1. The van der Waals surface area contributed by atoms with Crippen molar-refractivity contribution >= 4 is 56.8 Å². The molecule has 15 nitrogen and oxygen atoms in total. The third kappa shape index (κ3) is 8.61. The van der Waals surface area contributed by atoms with Crippen LogP contribution in [0.3, 0.4) is 0 Å². The van der Waals surface area contributed by atoms with Crippen LogP contribution in [0.15, 0.2) is 54.7 Å². The number of pyridine rings is 1. The van der Waals surface area contributed by atoms with E-state index in [1.165, 1.54) is 25.7 Å². The molecule has 7 heterocycles. The fourth-order valence-corrected chi connectivity index (χ4v) is 13.2. The molecule has 72 heavy (non-hydrogen) atoms. The molecular weight excluding hydrogens is 914 g/mol. The second kappa shape index (κ2) is 18.3. The van der Waals surface area contributed by atoms with Crippen LogP contribution in [0, 0.1) is 28.5 Å². The highest BCUT2D eigenvalue weighted by molar-refractivity contribution is 6.23. The van der Waals surface area contributed by atoms with Gasteiger partial charge in [0.05, 0.1) is 23.1 Å². The van der Waals surface area contributed by atoms with Gasteiger partial charge in [-0.3, -0.25) is 39.3 Å². The summed E-state index contributed by atoms with van der Waals surface area (Å²) in [6.07, 6.45) is 12.0. The van der Waals surface area contributed by atoms with Crippen LogP contribution in [-0.2, 0) is 16.0 Å². The van der Waals surface area contributed by atoms with Crippen LogP contribution in [0.2, 0.25) is 0 Å². The van der Waals surface area contributed by atoms with Gasteiger partial charge in [0.25, 0.3) is 11.8 Å². The number of aryl methyl sites for hydroxylation is 1. The lowest BCUT2D eigenvalue weighted by Gasteiger charge is -2.54. The molecule has 2 saturated carbocycles. The zero-order valence-electron chi connectivity index (χ0n) is 41.4. The number of nitrogens with zero attached hydrogens (tertiary/aromatic N) is 8. The summed E-state index contributed by atoms with van der Waals surface area (Å²) in [6.45, 7) is 14.2. The number of piperazine rings is 1. The average molecular weight is 978 g/mol. The minimum absolute atomic E-state index is 0.0226. The molecule has 4 amide bonds. The smallest absolute Gasteiger partial charge is 0.319 e. The van der Waals surface area contributed by atoms with Gasteiger partial charge in [-0.15, -0.1) is 0 Å². The lowest BCUT2D eigenvalue weighted by molar-refractivity contribution is -0.136. The number of amides is 4. The Kier molecular flexibility index (Phi) is 11.9. The molecule has 16 heteroatoms. The number of ether oxygens (including phenoxy) is 1. The van der Waals surface area contributed by atoms with Crippen LogP contribution in [-0.4, -0.2) is 136 Å². The van der Waals surface area contributed by atoms with E-state index in [4.69, 9.17) is 19.7 Å². The number of halogens is 1. The van der Waals surface area contributed by atoms with E-state index in [2.05, 4.69) is 38.8 Å². The summed E-state index contributed by atoms with van der Waals surface area (Å²) < 4.78 is 23.7. The van der Waals surface area contributed by atoms with Gasteiger partial charge in [-0.2, -0.15) is 9.97 Å². The molecule has 6 fully saturated rings. The molecule has 12 rings (SSSR count). The van der Waals surface area contributed by atoms with E-state index in [0.717, 1.165) is 124 Å². The first-order valence-corrected chi connectivity index (χ1v) is 26.4. The number of nitrogens with one attached hydrogen (secondary N) is 1. The fraction of sp³-hybridized carbons (Fsp3) is 0.518. The van der Waals surface area contributed by atoms with E-state index in [1.54, 1.807) is 30.5 Å². The summed E-state index contributed by atoms with van der Waals surface area (Å²) in [5, 5.41) is 15.3. The average Bonchev–Trinajstić information content (AvgIpc) is 4.09. The van der Waals surface area contributed by atoms with Crippen molar-refractivity contribution in [1.29, 1.82) is 0 Å². The van der Waals surface area contributed by atoms with Crippen molar-refractivity contribution in [3.05, 3.63) is 77.2 Å². The molecule has 5 aliphatic heterocycles. The molecule has 2 atom stereocenters.